The monoisotopic (exact) mass is 356 g/mol. The number of imidazole rings is 1. The maximum Gasteiger partial charge on any atom is 0.178 e. The minimum Gasteiger partial charge on any atom is -0.329 e. The minimum absolute atomic E-state index is 0.638. The molecule has 0 unspecified atom stereocenters. The van der Waals surface area contributed by atoms with Gasteiger partial charge in [-0.3, -0.25) is 0 Å². The Labute approximate surface area is 142 Å². The highest BCUT2D eigenvalue weighted by molar-refractivity contribution is 7.71. The molecule has 1 aromatic heterocycles. The van der Waals surface area contributed by atoms with Crippen molar-refractivity contribution in [2.75, 3.05) is 0 Å². The van der Waals surface area contributed by atoms with Gasteiger partial charge in [-0.05, 0) is 48.5 Å². The summed E-state index contributed by atoms with van der Waals surface area (Å²) >= 11 is 23.7. The first-order valence-electron chi connectivity index (χ1n) is 6.37. The number of rotatable bonds is 3. The first kappa shape index (κ1) is 14.9. The highest BCUT2D eigenvalue weighted by Crippen LogP contribution is 2.25. The second-order valence-corrected chi connectivity index (χ2v) is 6.34. The summed E-state index contributed by atoms with van der Waals surface area (Å²) in [5.74, 6) is 0. The van der Waals surface area contributed by atoms with Gasteiger partial charge in [0.2, 0.25) is 0 Å². The zero-order valence-electron chi connectivity index (χ0n) is 10.9. The third-order valence-corrected chi connectivity index (χ3v) is 4.60. The van der Waals surface area contributed by atoms with Gasteiger partial charge in [-0.2, -0.15) is 0 Å². The molecule has 0 aliphatic heterocycles. The largest absolute Gasteiger partial charge is 0.329 e. The van der Waals surface area contributed by atoms with E-state index in [-0.39, 0.29) is 0 Å². The molecule has 2 nitrogen and oxygen atoms in total. The van der Waals surface area contributed by atoms with Crippen molar-refractivity contribution >= 4 is 58.1 Å². The van der Waals surface area contributed by atoms with Crippen LogP contribution < -0.4 is 0 Å². The molecule has 0 saturated carbocycles. The van der Waals surface area contributed by atoms with Gasteiger partial charge in [-0.25, -0.2) is 0 Å². The first-order chi connectivity index (χ1) is 10.1. The van der Waals surface area contributed by atoms with E-state index in [9.17, 15) is 0 Å². The van der Waals surface area contributed by atoms with Crippen molar-refractivity contribution in [1.29, 1.82) is 0 Å². The summed E-state index contributed by atoms with van der Waals surface area (Å²) < 4.78 is 2.68. The summed E-state index contributed by atoms with van der Waals surface area (Å²) in [7, 11) is 0. The molecular weight excluding hydrogens is 347 g/mol. The zero-order valence-corrected chi connectivity index (χ0v) is 14.0. The van der Waals surface area contributed by atoms with Crippen LogP contribution in [0.4, 0.5) is 0 Å². The zero-order chi connectivity index (χ0) is 15.0. The van der Waals surface area contributed by atoms with Crippen molar-refractivity contribution in [2.45, 2.75) is 13.0 Å². The summed E-state index contributed by atoms with van der Waals surface area (Å²) in [5, 5.41) is 1.98. The molecule has 0 fully saturated rings. The Morgan fingerprint density at radius 1 is 1.05 bits per heavy atom. The lowest BCUT2D eigenvalue weighted by Crippen LogP contribution is -2.01. The van der Waals surface area contributed by atoms with E-state index in [0.29, 0.717) is 19.8 Å². The number of hydrogen-bond acceptors (Lipinski definition) is 1. The van der Waals surface area contributed by atoms with E-state index in [1.54, 1.807) is 6.07 Å². The number of benzene rings is 2. The second-order valence-electron chi connectivity index (χ2n) is 4.70. The van der Waals surface area contributed by atoms with E-state index in [1.807, 2.05) is 34.9 Å². The molecule has 0 spiro atoms. The van der Waals surface area contributed by atoms with Gasteiger partial charge in [0.25, 0.3) is 0 Å². The quantitative estimate of drug-likeness (QED) is 0.579. The molecule has 1 N–H and O–H groups in total. The van der Waals surface area contributed by atoms with Crippen molar-refractivity contribution in [1.82, 2.24) is 9.55 Å². The fraction of sp³-hybridized carbons (Fsp3) is 0.133. The maximum atomic E-state index is 6.20. The van der Waals surface area contributed by atoms with Crippen LogP contribution in [0, 0.1) is 4.77 Å². The Morgan fingerprint density at radius 3 is 2.62 bits per heavy atom. The molecule has 0 bridgehead atoms. The van der Waals surface area contributed by atoms with Crippen molar-refractivity contribution in [3.63, 3.8) is 0 Å². The predicted octanol–water partition coefficient (Wildman–Crippen LogP) is 5.90. The standard InChI is InChI=1S/C15H11Cl3N2S/c16-10-5-4-9(12(18)8-10)6-7-20-13-3-1-2-11(17)14(13)19-15(20)21/h1-5,8H,6-7H2,(H,19,21). The summed E-state index contributed by atoms with van der Waals surface area (Å²) in [5.41, 5.74) is 2.91. The normalized spacial score (nSPS) is 11.2. The first-order valence-corrected chi connectivity index (χ1v) is 7.91. The minimum atomic E-state index is 0.638. The number of nitrogens with one attached hydrogen (secondary N) is 1. The highest BCUT2D eigenvalue weighted by Gasteiger charge is 2.08. The van der Waals surface area contributed by atoms with Gasteiger partial charge in [-0.1, -0.05) is 46.9 Å². The van der Waals surface area contributed by atoms with Crippen molar-refractivity contribution in [2.24, 2.45) is 0 Å². The van der Waals surface area contributed by atoms with Crippen LogP contribution in [0.5, 0.6) is 0 Å². The number of hydrogen-bond donors (Lipinski definition) is 1. The summed E-state index contributed by atoms with van der Waals surface area (Å²) in [6.45, 7) is 0.723. The van der Waals surface area contributed by atoms with E-state index in [2.05, 4.69) is 4.98 Å². The van der Waals surface area contributed by atoms with Gasteiger partial charge in [-0.15, -0.1) is 0 Å². The molecule has 1 heterocycles. The number of fused-ring (bicyclic) bond motifs is 1. The Kier molecular flexibility index (Phi) is 4.27. The number of H-pyrrole nitrogens is 1. The van der Waals surface area contributed by atoms with Gasteiger partial charge in [0.05, 0.1) is 16.1 Å². The number of nitrogens with zero attached hydrogens (tertiary/aromatic N) is 1. The molecule has 0 saturated heterocycles. The van der Waals surface area contributed by atoms with Crippen LogP contribution in [-0.2, 0) is 13.0 Å². The fourth-order valence-electron chi connectivity index (χ4n) is 2.32. The average molecular weight is 358 g/mol. The van der Waals surface area contributed by atoms with E-state index in [0.717, 1.165) is 29.6 Å². The Balaban J connectivity index is 1.94. The summed E-state index contributed by atoms with van der Waals surface area (Å²) in [6.07, 6.45) is 0.768. The second kappa shape index (κ2) is 6.01. The molecule has 3 rings (SSSR count). The number of aryl methyl sites for hydroxylation is 2. The van der Waals surface area contributed by atoms with E-state index in [4.69, 9.17) is 47.0 Å². The van der Waals surface area contributed by atoms with Crippen molar-refractivity contribution in [3.05, 3.63) is 61.8 Å². The summed E-state index contributed by atoms with van der Waals surface area (Å²) in [6, 6.07) is 11.3. The van der Waals surface area contributed by atoms with E-state index in [1.165, 1.54) is 0 Å². The maximum absolute atomic E-state index is 6.20. The molecule has 0 radical (unpaired) electrons. The Bertz CT molecular complexity index is 867. The Hall–Kier alpha value is -1.000. The fourth-order valence-corrected chi connectivity index (χ4v) is 3.34. The lowest BCUT2D eigenvalue weighted by Gasteiger charge is -2.07. The predicted molar refractivity (Wildman–Crippen MR) is 92.3 cm³/mol. The molecular formula is C15H11Cl3N2S. The van der Waals surface area contributed by atoms with Crippen LogP contribution in [0.25, 0.3) is 11.0 Å². The number of halogens is 3. The third kappa shape index (κ3) is 2.97. The lowest BCUT2D eigenvalue weighted by molar-refractivity contribution is 0.706. The molecule has 0 aliphatic rings. The lowest BCUT2D eigenvalue weighted by atomic mass is 10.1. The molecule has 0 aliphatic carbocycles. The third-order valence-electron chi connectivity index (χ3n) is 3.38. The average Bonchev–Trinajstić information content (AvgIpc) is 2.76. The van der Waals surface area contributed by atoms with Crippen LogP contribution >= 0.6 is 47.0 Å². The van der Waals surface area contributed by atoms with Gasteiger partial charge in [0.15, 0.2) is 4.77 Å². The van der Waals surface area contributed by atoms with Gasteiger partial charge >= 0.3 is 0 Å². The molecule has 2 aromatic carbocycles. The van der Waals surface area contributed by atoms with Crippen molar-refractivity contribution in [3.8, 4) is 0 Å². The molecule has 21 heavy (non-hydrogen) atoms. The van der Waals surface area contributed by atoms with Crippen LogP contribution in [-0.4, -0.2) is 9.55 Å². The SMILES string of the molecule is S=c1[nH]c2c(Cl)cccc2n1CCc1ccc(Cl)cc1Cl. The molecule has 6 heteroatoms. The Morgan fingerprint density at radius 2 is 1.86 bits per heavy atom. The van der Waals surface area contributed by atoms with Gasteiger partial charge in [0, 0.05) is 16.6 Å². The molecule has 3 aromatic rings. The van der Waals surface area contributed by atoms with Crippen molar-refractivity contribution < 1.29 is 0 Å². The molecule has 108 valence electrons. The smallest absolute Gasteiger partial charge is 0.178 e. The molecule has 0 amide bonds. The highest BCUT2D eigenvalue weighted by atomic mass is 35.5. The summed E-state index contributed by atoms with van der Waals surface area (Å²) in [4.78, 5) is 3.15. The van der Waals surface area contributed by atoms with Gasteiger partial charge in [0.1, 0.15) is 0 Å². The van der Waals surface area contributed by atoms with E-state index >= 15 is 0 Å². The number of aromatic nitrogens is 2. The number of aromatic amines is 1. The topological polar surface area (TPSA) is 20.7 Å². The van der Waals surface area contributed by atoms with E-state index < -0.39 is 0 Å². The van der Waals surface area contributed by atoms with Crippen LogP contribution in [0.2, 0.25) is 15.1 Å². The van der Waals surface area contributed by atoms with Crippen LogP contribution in [0.1, 0.15) is 5.56 Å². The molecule has 0 atom stereocenters. The van der Waals surface area contributed by atoms with Crippen LogP contribution in [0.15, 0.2) is 36.4 Å². The van der Waals surface area contributed by atoms with Gasteiger partial charge < -0.3 is 9.55 Å². The number of para-hydroxylation sites is 1. The van der Waals surface area contributed by atoms with Crippen LogP contribution in [0.3, 0.4) is 0 Å².